The van der Waals surface area contributed by atoms with Crippen molar-refractivity contribution < 1.29 is 33.3 Å². The average molecular weight is 668 g/mol. The van der Waals surface area contributed by atoms with Gasteiger partial charge in [-0.25, -0.2) is 4.57 Å². The molecule has 0 saturated carbocycles. The smallest absolute Gasteiger partial charge is 0.169 e. The minimum Gasteiger partial charge on any atom is -1.00 e. The molecule has 2 nitrogen and oxygen atoms in total. The number of hydrogen-bond acceptors (Lipinski definition) is 1. The van der Waals surface area contributed by atoms with Crippen LogP contribution in [-0.2, 0) is 13.2 Å². The number of ether oxygens (including phenoxy) is 1. The van der Waals surface area contributed by atoms with E-state index in [4.69, 9.17) is 4.74 Å². The fourth-order valence-corrected chi connectivity index (χ4v) is 5.18. The standard InChI is InChI=1S/C38H54NO.HI/c1-2-3-4-5-6-7-8-9-10-11-12-13-14-15-16-20-31-39-32-29-36(30-33-39)24-23-35-25-27-38(28-26-35)40-34-37-21-18-17-19-22-37;/h17-19,21-30,32-33H,2-16,20,31,34H2,1H3;1H/q+1;/p-1. The molecule has 0 aliphatic heterocycles. The van der Waals surface area contributed by atoms with Crippen molar-refractivity contribution in [2.45, 2.75) is 123 Å². The van der Waals surface area contributed by atoms with Crippen LogP contribution >= 0.6 is 0 Å². The van der Waals surface area contributed by atoms with Crippen LogP contribution < -0.4 is 33.3 Å². The van der Waals surface area contributed by atoms with E-state index >= 15 is 0 Å². The maximum Gasteiger partial charge on any atom is 0.169 e. The summed E-state index contributed by atoms with van der Waals surface area (Å²) in [6.07, 6.45) is 31.5. The first-order valence-electron chi connectivity index (χ1n) is 16.3. The molecule has 0 saturated heterocycles. The second-order valence-electron chi connectivity index (χ2n) is 11.3. The second-order valence-corrected chi connectivity index (χ2v) is 11.3. The van der Waals surface area contributed by atoms with Crippen LogP contribution in [0.15, 0.2) is 79.1 Å². The molecule has 0 N–H and O–H groups in total. The van der Waals surface area contributed by atoms with E-state index in [9.17, 15) is 0 Å². The molecule has 0 bridgehead atoms. The zero-order valence-electron chi connectivity index (χ0n) is 25.6. The van der Waals surface area contributed by atoms with Crippen LogP contribution in [0.1, 0.15) is 126 Å². The van der Waals surface area contributed by atoms with Gasteiger partial charge in [-0.3, -0.25) is 0 Å². The number of nitrogens with zero attached hydrogens (tertiary/aromatic N) is 1. The number of aryl methyl sites for hydroxylation is 1. The van der Waals surface area contributed by atoms with Crippen molar-refractivity contribution in [1.82, 2.24) is 0 Å². The van der Waals surface area contributed by atoms with Crippen LogP contribution in [0.3, 0.4) is 0 Å². The summed E-state index contributed by atoms with van der Waals surface area (Å²) in [5, 5.41) is 0. The summed E-state index contributed by atoms with van der Waals surface area (Å²) in [5.74, 6) is 0.899. The van der Waals surface area contributed by atoms with Crippen LogP contribution in [0.4, 0.5) is 0 Å². The van der Waals surface area contributed by atoms with Gasteiger partial charge >= 0.3 is 0 Å². The van der Waals surface area contributed by atoms with E-state index in [1.165, 1.54) is 119 Å². The highest BCUT2D eigenvalue weighted by molar-refractivity contribution is 5.69. The SMILES string of the molecule is CCCCCCCCCCCCCCCCCC[n+]1ccc(C=Cc2ccc(OCc3ccccc3)cc2)cc1.[I-]. The Morgan fingerprint density at radius 3 is 1.51 bits per heavy atom. The monoisotopic (exact) mass is 667 g/mol. The Morgan fingerprint density at radius 2 is 1.00 bits per heavy atom. The van der Waals surface area contributed by atoms with Gasteiger partial charge in [-0.05, 0) is 35.2 Å². The van der Waals surface area contributed by atoms with Crippen LogP contribution in [0.25, 0.3) is 12.2 Å². The molecule has 0 amide bonds. The summed E-state index contributed by atoms with van der Waals surface area (Å²) in [7, 11) is 0. The van der Waals surface area contributed by atoms with Crippen molar-refractivity contribution in [3.05, 3.63) is 95.8 Å². The Hall–Kier alpha value is -2.14. The van der Waals surface area contributed by atoms with Gasteiger partial charge in [0.1, 0.15) is 18.9 Å². The van der Waals surface area contributed by atoms with Gasteiger partial charge in [0.2, 0.25) is 0 Å². The molecule has 3 rings (SSSR count). The summed E-state index contributed by atoms with van der Waals surface area (Å²) in [6, 6.07) is 23.0. The van der Waals surface area contributed by atoms with E-state index in [0.717, 1.165) is 12.3 Å². The first kappa shape index (κ1) is 35.1. The third-order valence-electron chi connectivity index (χ3n) is 7.78. The van der Waals surface area contributed by atoms with Crippen LogP contribution in [0, 0.1) is 0 Å². The lowest BCUT2D eigenvalue weighted by molar-refractivity contribution is -0.697. The Bertz CT molecular complexity index is 1030. The minimum atomic E-state index is 0. The Kier molecular flexibility index (Phi) is 20.0. The Balaban J connectivity index is 0.00000588. The first-order chi connectivity index (χ1) is 19.8. The number of rotatable bonds is 22. The molecule has 2 aromatic carbocycles. The van der Waals surface area contributed by atoms with Crippen LogP contribution in [-0.4, -0.2) is 0 Å². The topological polar surface area (TPSA) is 13.1 Å². The average Bonchev–Trinajstić information content (AvgIpc) is 3.00. The number of hydrogen-bond donors (Lipinski definition) is 0. The highest BCUT2D eigenvalue weighted by atomic mass is 127. The summed E-state index contributed by atoms with van der Waals surface area (Å²) in [6.45, 7) is 4.01. The molecule has 0 unspecified atom stereocenters. The molecular formula is C38H54INO. The Morgan fingerprint density at radius 1 is 0.537 bits per heavy atom. The van der Waals surface area contributed by atoms with Crippen molar-refractivity contribution >= 4 is 12.2 Å². The van der Waals surface area contributed by atoms with E-state index in [-0.39, 0.29) is 24.0 Å². The number of unbranched alkanes of at least 4 members (excludes halogenated alkanes) is 15. The maximum atomic E-state index is 5.89. The van der Waals surface area contributed by atoms with Gasteiger partial charge in [0.15, 0.2) is 12.4 Å². The number of pyridine rings is 1. The number of benzene rings is 2. The summed E-state index contributed by atoms with van der Waals surface area (Å²) in [4.78, 5) is 0. The molecule has 0 aliphatic rings. The minimum absolute atomic E-state index is 0. The van der Waals surface area contributed by atoms with Gasteiger partial charge in [0, 0.05) is 18.6 Å². The van der Waals surface area contributed by atoms with Gasteiger partial charge in [0.05, 0.1) is 0 Å². The highest BCUT2D eigenvalue weighted by Crippen LogP contribution is 2.17. The normalized spacial score (nSPS) is 11.0. The molecule has 0 atom stereocenters. The van der Waals surface area contributed by atoms with E-state index in [2.05, 4.69) is 72.4 Å². The predicted molar refractivity (Wildman–Crippen MR) is 172 cm³/mol. The molecule has 0 radical (unpaired) electrons. The fourth-order valence-electron chi connectivity index (χ4n) is 5.18. The third kappa shape index (κ3) is 16.8. The zero-order chi connectivity index (χ0) is 27.9. The van der Waals surface area contributed by atoms with Gasteiger partial charge in [0.25, 0.3) is 0 Å². The van der Waals surface area contributed by atoms with E-state index in [0.29, 0.717) is 6.61 Å². The second kappa shape index (κ2) is 23.4. The van der Waals surface area contributed by atoms with Gasteiger partial charge < -0.3 is 28.7 Å². The summed E-state index contributed by atoms with van der Waals surface area (Å²) >= 11 is 0. The lowest BCUT2D eigenvalue weighted by Gasteiger charge is -2.06. The lowest BCUT2D eigenvalue weighted by Crippen LogP contribution is -3.00. The summed E-state index contributed by atoms with van der Waals surface area (Å²) < 4.78 is 8.21. The molecule has 0 aliphatic carbocycles. The van der Waals surface area contributed by atoms with Gasteiger partial charge in [-0.15, -0.1) is 0 Å². The summed E-state index contributed by atoms with van der Waals surface area (Å²) in [5.41, 5.74) is 3.59. The molecule has 3 aromatic rings. The molecule has 0 spiro atoms. The lowest BCUT2D eigenvalue weighted by atomic mass is 10.0. The molecule has 224 valence electrons. The predicted octanol–water partition coefficient (Wildman–Crippen LogP) is 7.99. The quantitative estimate of drug-likeness (QED) is 0.0602. The van der Waals surface area contributed by atoms with E-state index < -0.39 is 0 Å². The van der Waals surface area contributed by atoms with Crippen LogP contribution in [0.2, 0.25) is 0 Å². The molecule has 41 heavy (non-hydrogen) atoms. The largest absolute Gasteiger partial charge is 1.00 e. The maximum absolute atomic E-state index is 5.89. The molecular weight excluding hydrogens is 613 g/mol. The molecule has 1 aromatic heterocycles. The van der Waals surface area contributed by atoms with Crippen molar-refractivity contribution in [2.75, 3.05) is 0 Å². The van der Waals surface area contributed by atoms with Crippen molar-refractivity contribution in [3.8, 4) is 5.75 Å². The van der Waals surface area contributed by atoms with Gasteiger partial charge in [-0.2, -0.15) is 0 Å². The highest BCUT2D eigenvalue weighted by Gasteiger charge is 2.01. The third-order valence-corrected chi connectivity index (χ3v) is 7.78. The molecule has 1 heterocycles. The van der Waals surface area contributed by atoms with E-state index in [1.54, 1.807) is 0 Å². The van der Waals surface area contributed by atoms with E-state index in [1.807, 2.05) is 30.3 Å². The zero-order valence-corrected chi connectivity index (χ0v) is 27.8. The molecule has 3 heteroatoms. The number of aromatic nitrogens is 1. The Labute approximate surface area is 268 Å². The van der Waals surface area contributed by atoms with Crippen molar-refractivity contribution in [1.29, 1.82) is 0 Å². The van der Waals surface area contributed by atoms with Crippen LogP contribution in [0.5, 0.6) is 5.75 Å². The number of halogens is 1. The van der Waals surface area contributed by atoms with Crippen molar-refractivity contribution in [2.24, 2.45) is 0 Å². The molecule has 0 fully saturated rings. The van der Waals surface area contributed by atoms with Gasteiger partial charge in [-0.1, -0.05) is 151 Å². The fraction of sp³-hybridized carbons (Fsp3) is 0.500. The first-order valence-corrected chi connectivity index (χ1v) is 16.3. The van der Waals surface area contributed by atoms with Crippen molar-refractivity contribution in [3.63, 3.8) is 0 Å².